The van der Waals surface area contributed by atoms with Crippen molar-refractivity contribution in [2.45, 2.75) is 0 Å². The van der Waals surface area contributed by atoms with Crippen LogP contribution < -0.4 is 0 Å². The highest BCUT2D eigenvalue weighted by Crippen LogP contribution is 2.22. The van der Waals surface area contributed by atoms with Gasteiger partial charge in [-0.15, -0.1) is 0 Å². The molecule has 0 unspecified atom stereocenters. The van der Waals surface area contributed by atoms with Crippen molar-refractivity contribution in [3.8, 4) is 5.82 Å². The molecule has 17 heavy (non-hydrogen) atoms. The molecular formula is C9H4BrClFN3O2. The minimum atomic E-state index is -1.19. The number of aromatic nitrogens is 3. The Morgan fingerprint density at radius 1 is 1.53 bits per heavy atom. The number of halogens is 3. The summed E-state index contributed by atoms with van der Waals surface area (Å²) in [7, 11) is 0. The van der Waals surface area contributed by atoms with E-state index in [2.05, 4.69) is 26.0 Å². The van der Waals surface area contributed by atoms with Gasteiger partial charge in [0.25, 0.3) is 0 Å². The fraction of sp³-hybridized carbons (Fsp3) is 0. The van der Waals surface area contributed by atoms with E-state index in [4.69, 9.17) is 16.7 Å². The summed E-state index contributed by atoms with van der Waals surface area (Å²) in [5.41, 5.74) is -0.127. The smallest absolute Gasteiger partial charge is 0.354 e. The number of hydrogen-bond donors (Lipinski definition) is 1. The van der Waals surface area contributed by atoms with Gasteiger partial charge in [0.15, 0.2) is 11.5 Å². The van der Waals surface area contributed by atoms with E-state index in [9.17, 15) is 9.18 Å². The van der Waals surface area contributed by atoms with Crippen molar-refractivity contribution in [2.24, 2.45) is 0 Å². The van der Waals surface area contributed by atoms with Crippen molar-refractivity contribution in [3.05, 3.63) is 39.5 Å². The standard InChI is InChI=1S/C9H4BrClFN3O2/c10-7-2-6(9(16)17)15(14-7)8-5(11)1-4(12)3-13-8/h1-3H,(H,16,17). The molecule has 2 aromatic heterocycles. The first-order chi connectivity index (χ1) is 7.99. The SMILES string of the molecule is O=C(O)c1cc(Br)nn1-c1ncc(F)cc1Cl. The van der Waals surface area contributed by atoms with Crippen LogP contribution in [0.5, 0.6) is 0 Å². The normalized spacial score (nSPS) is 10.5. The predicted octanol–water partition coefficient (Wildman–Crippen LogP) is 2.52. The van der Waals surface area contributed by atoms with E-state index >= 15 is 0 Å². The quantitative estimate of drug-likeness (QED) is 0.923. The Kier molecular flexibility index (Phi) is 3.12. The number of nitrogens with zero attached hydrogens (tertiary/aromatic N) is 3. The second-order valence-corrected chi connectivity index (χ2v) is 4.25. The van der Waals surface area contributed by atoms with Crippen LogP contribution in [0, 0.1) is 5.82 Å². The largest absolute Gasteiger partial charge is 0.477 e. The highest BCUT2D eigenvalue weighted by Gasteiger charge is 2.17. The molecule has 1 N–H and O–H groups in total. The molecule has 0 aliphatic heterocycles. The third-order valence-electron chi connectivity index (χ3n) is 1.89. The van der Waals surface area contributed by atoms with Gasteiger partial charge in [0.05, 0.1) is 11.2 Å². The van der Waals surface area contributed by atoms with Crippen LogP contribution in [0.15, 0.2) is 22.9 Å². The van der Waals surface area contributed by atoms with Crippen LogP contribution in [0.3, 0.4) is 0 Å². The number of aromatic carboxylic acids is 1. The van der Waals surface area contributed by atoms with Crippen LogP contribution in [0.2, 0.25) is 5.02 Å². The number of pyridine rings is 1. The molecule has 2 aromatic rings. The number of rotatable bonds is 2. The lowest BCUT2D eigenvalue weighted by molar-refractivity contribution is 0.0687. The first-order valence-corrected chi connectivity index (χ1v) is 5.46. The van der Waals surface area contributed by atoms with Gasteiger partial charge in [0.2, 0.25) is 0 Å². The first kappa shape index (κ1) is 12.0. The molecule has 8 heteroatoms. The van der Waals surface area contributed by atoms with Crippen LogP contribution in [-0.2, 0) is 0 Å². The Morgan fingerprint density at radius 3 is 2.82 bits per heavy atom. The van der Waals surface area contributed by atoms with Gasteiger partial charge in [0, 0.05) is 6.07 Å². The zero-order valence-corrected chi connectivity index (χ0v) is 10.4. The van der Waals surface area contributed by atoms with Gasteiger partial charge in [-0.1, -0.05) is 11.6 Å². The molecule has 0 bridgehead atoms. The van der Waals surface area contributed by atoms with Gasteiger partial charge in [0.1, 0.15) is 10.4 Å². The van der Waals surface area contributed by atoms with Crippen molar-refractivity contribution >= 4 is 33.5 Å². The topological polar surface area (TPSA) is 68.0 Å². The van der Waals surface area contributed by atoms with Gasteiger partial charge in [-0.2, -0.15) is 5.10 Å². The average Bonchev–Trinajstić information content (AvgIpc) is 2.60. The van der Waals surface area contributed by atoms with Crippen molar-refractivity contribution in [1.29, 1.82) is 0 Å². The first-order valence-electron chi connectivity index (χ1n) is 4.29. The zero-order chi connectivity index (χ0) is 12.6. The van der Waals surface area contributed by atoms with Crippen LogP contribution >= 0.6 is 27.5 Å². The fourth-order valence-corrected chi connectivity index (χ4v) is 1.84. The Labute approximate surface area is 108 Å². The Hall–Kier alpha value is -1.47. The second kappa shape index (κ2) is 4.42. The van der Waals surface area contributed by atoms with Gasteiger partial charge in [-0.25, -0.2) is 18.9 Å². The third kappa shape index (κ3) is 2.29. The molecule has 0 saturated heterocycles. The third-order valence-corrected chi connectivity index (χ3v) is 2.55. The van der Waals surface area contributed by atoms with Gasteiger partial charge in [-0.3, -0.25) is 0 Å². The molecular weight excluding hydrogens is 316 g/mol. The molecule has 0 fully saturated rings. The summed E-state index contributed by atoms with van der Waals surface area (Å²) in [5, 5.41) is 12.8. The maximum absolute atomic E-state index is 12.8. The fourth-order valence-electron chi connectivity index (χ4n) is 1.23. The molecule has 0 atom stereocenters. The highest BCUT2D eigenvalue weighted by molar-refractivity contribution is 9.10. The summed E-state index contributed by atoms with van der Waals surface area (Å²) in [4.78, 5) is 14.7. The molecule has 0 aliphatic carbocycles. The molecule has 0 aliphatic rings. The van der Waals surface area contributed by atoms with E-state index < -0.39 is 11.8 Å². The van der Waals surface area contributed by atoms with E-state index in [-0.39, 0.29) is 16.5 Å². The average molecular weight is 321 g/mol. The molecule has 2 rings (SSSR count). The van der Waals surface area contributed by atoms with E-state index in [0.29, 0.717) is 4.60 Å². The summed E-state index contributed by atoms with van der Waals surface area (Å²) in [6, 6.07) is 2.33. The molecule has 5 nitrogen and oxygen atoms in total. The van der Waals surface area contributed by atoms with Gasteiger partial charge >= 0.3 is 5.97 Å². The molecule has 0 radical (unpaired) electrons. The Bertz CT molecular complexity index is 602. The monoisotopic (exact) mass is 319 g/mol. The number of carbonyl (C=O) groups is 1. The summed E-state index contributed by atoms with van der Waals surface area (Å²) in [6.07, 6.45) is 0.933. The summed E-state index contributed by atoms with van der Waals surface area (Å²) in [5.74, 6) is -1.75. The van der Waals surface area contributed by atoms with Gasteiger partial charge < -0.3 is 5.11 Å². The zero-order valence-electron chi connectivity index (χ0n) is 8.06. The number of carboxylic acids is 1. The summed E-state index contributed by atoms with van der Waals surface area (Å²) >= 11 is 8.83. The molecule has 0 saturated carbocycles. The van der Waals surface area contributed by atoms with Crippen molar-refractivity contribution in [1.82, 2.24) is 14.8 Å². The van der Waals surface area contributed by atoms with Crippen LogP contribution in [0.1, 0.15) is 10.5 Å². The molecule has 0 amide bonds. The Morgan fingerprint density at radius 2 is 2.24 bits per heavy atom. The van der Waals surface area contributed by atoms with E-state index in [1.807, 2.05) is 0 Å². The van der Waals surface area contributed by atoms with Crippen molar-refractivity contribution < 1.29 is 14.3 Å². The number of hydrogen-bond acceptors (Lipinski definition) is 3. The lowest BCUT2D eigenvalue weighted by Crippen LogP contribution is -2.10. The second-order valence-electron chi connectivity index (χ2n) is 3.03. The van der Waals surface area contributed by atoms with Crippen LogP contribution in [0.25, 0.3) is 5.82 Å². The van der Waals surface area contributed by atoms with Gasteiger partial charge in [-0.05, 0) is 22.0 Å². The Balaban J connectivity index is 2.63. The maximum atomic E-state index is 12.8. The minimum Gasteiger partial charge on any atom is -0.477 e. The summed E-state index contributed by atoms with van der Waals surface area (Å²) in [6.45, 7) is 0. The van der Waals surface area contributed by atoms with Crippen molar-refractivity contribution in [3.63, 3.8) is 0 Å². The lowest BCUT2D eigenvalue weighted by Gasteiger charge is -2.04. The molecule has 2 heterocycles. The van der Waals surface area contributed by atoms with Crippen molar-refractivity contribution in [2.75, 3.05) is 0 Å². The lowest BCUT2D eigenvalue weighted by atomic mass is 10.4. The molecule has 88 valence electrons. The maximum Gasteiger partial charge on any atom is 0.354 e. The van der Waals surface area contributed by atoms with E-state index in [1.165, 1.54) is 6.07 Å². The molecule has 0 aromatic carbocycles. The van der Waals surface area contributed by atoms with Crippen LogP contribution in [-0.4, -0.2) is 25.8 Å². The predicted molar refractivity (Wildman–Crippen MR) is 61.0 cm³/mol. The summed E-state index contributed by atoms with van der Waals surface area (Å²) < 4.78 is 14.2. The van der Waals surface area contributed by atoms with E-state index in [1.54, 1.807) is 0 Å². The number of carboxylic acid groups (broad SMARTS) is 1. The highest BCUT2D eigenvalue weighted by atomic mass is 79.9. The molecule has 0 spiro atoms. The van der Waals surface area contributed by atoms with Crippen LogP contribution in [0.4, 0.5) is 4.39 Å². The van der Waals surface area contributed by atoms with E-state index in [0.717, 1.165) is 16.9 Å². The minimum absolute atomic E-state index is 0.0249.